The summed E-state index contributed by atoms with van der Waals surface area (Å²) >= 11 is 1.79. The molecule has 2 nitrogen and oxygen atoms in total. The first-order valence-electron chi connectivity index (χ1n) is 7.30. The average Bonchev–Trinajstić information content (AvgIpc) is 2.56. The van der Waals surface area contributed by atoms with Gasteiger partial charge in [0.15, 0.2) is 0 Å². The lowest BCUT2D eigenvalue weighted by Gasteiger charge is -2.22. The Kier molecular flexibility index (Phi) is 6.15. The highest BCUT2D eigenvalue weighted by Gasteiger charge is 2.16. The molecule has 3 heteroatoms. The standard InChI is InChI=1S/C18H23NOS/c1-4-12-19-18(14-8-7-9-15(13-14)20-2)16-10-5-6-11-17(16)21-3/h5-11,13,18-19H,4,12H2,1-3H3. The lowest BCUT2D eigenvalue weighted by molar-refractivity contribution is 0.413. The summed E-state index contributed by atoms with van der Waals surface area (Å²) in [6, 6.07) is 17.1. The van der Waals surface area contributed by atoms with Gasteiger partial charge < -0.3 is 10.1 Å². The van der Waals surface area contributed by atoms with E-state index >= 15 is 0 Å². The molecule has 112 valence electrons. The van der Waals surface area contributed by atoms with Gasteiger partial charge in [-0.15, -0.1) is 11.8 Å². The summed E-state index contributed by atoms with van der Waals surface area (Å²) in [5.41, 5.74) is 2.57. The molecule has 0 amide bonds. The van der Waals surface area contributed by atoms with Crippen molar-refractivity contribution >= 4 is 11.8 Å². The van der Waals surface area contributed by atoms with Gasteiger partial charge in [-0.2, -0.15) is 0 Å². The normalized spacial score (nSPS) is 12.1. The number of benzene rings is 2. The summed E-state index contributed by atoms with van der Waals surface area (Å²) in [4.78, 5) is 1.31. The largest absolute Gasteiger partial charge is 0.497 e. The molecule has 2 aromatic carbocycles. The number of rotatable bonds is 7. The summed E-state index contributed by atoms with van der Waals surface area (Å²) in [6.07, 6.45) is 3.24. The molecule has 1 atom stereocenters. The molecule has 0 aliphatic rings. The fraction of sp³-hybridized carbons (Fsp3) is 0.333. The van der Waals surface area contributed by atoms with Crippen LogP contribution in [0.1, 0.15) is 30.5 Å². The van der Waals surface area contributed by atoms with E-state index in [1.807, 2.05) is 6.07 Å². The fourth-order valence-corrected chi connectivity index (χ4v) is 3.06. The van der Waals surface area contributed by atoms with E-state index in [1.54, 1.807) is 18.9 Å². The van der Waals surface area contributed by atoms with Gasteiger partial charge in [0.2, 0.25) is 0 Å². The van der Waals surface area contributed by atoms with E-state index in [0.29, 0.717) is 0 Å². The van der Waals surface area contributed by atoms with E-state index in [9.17, 15) is 0 Å². The minimum absolute atomic E-state index is 0.198. The second kappa shape index (κ2) is 8.11. The molecule has 2 aromatic rings. The quantitative estimate of drug-likeness (QED) is 0.760. The van der Waals surface area contributed by atoms with E-state index in [0.717, 1.165) is 18.7 Å². The predicted molar refractivity (Wildman–Crippen MR) is 91.4 cm³/mol. The van der Waals surface area contributed by atoms with Gasteiger partial charge in [-0.3, -0.25) is 0 Å². The molecule has 1 unspecified atom stereocenters. The number of hydrogen-bond donors (Lipinski definition) is 1. The van der Waals surface area contributed by atoms with Crippen molar-refractivity contribution in [3.05, 3.63) is 59.7 Å². The summed E-state index contributed by atoms with van der Waals surface area (Å²) in [5.74, 6) is 0.900. The van der Waals surface area contributed by atoms with Crippen LogP contribution < -0.4 is 10.1 Å². The molecular formula is C18H23NOS. The average molecular weight is 301 g/mol. The van der Waals surface area contributed by atoms with Crippen molar-refractivity contribution in [1.29, 1.82) is 0 Å². The van der Waals surface area contributed by atoms with Gasteiger partial charge >= 0.3 is 0 Å². The molecule has 21 heavy (non-hydrogen) atoms. The monoisotopic (exact) mass is 301 g/mol. The molecule has 0 saturated carbocycles. The van der Waals surface area contributed by atoms with Crippen LogP contribution in [-0.2, 0) is 0 Å². The molecule has 0 aliphatic heterocycles. The van der Waals surface area contributed by atoms with E-state index in [4.69, 9.17) is 4.74 Å². The first-order valence-corrected chi connectivity index (χ1v) is 8.52. The third kappa shape index (κ3) is 4.02. The maximum Gasteiger partial charge on any atom is 0.119 e. The molecule has 0 radical (unpaired) electrons. The molecule has 0 aliphatic carbocycles. The molecule has 2 rings (SSSR count). The smallest absolute Gasteiger partial charge is 0.119 e. The van der Waals surface area contributed by atoms with Crippen molar-refractivity contribution in [2.45, 2.75) is 24.3 Å². The zero-order chi connectivity index (χ0) is 15.1. The zero-order valence-electron chi connectivity index (χ0n) is 12.9. The molecule has 0 fully saturated rings. The molecule has 0 heterocycles. The third-order valence-corrected chi connectivity index (χ3v) is 4.29. The second-order valence-corrected chi connectivity index (χ2v) is 5.75. The first kappa shape index (κ1) is 15.9. The van der Waals surface area contributed by atoms with Gasteiger partial charge in [0.05, 0.1) is 13.2 Å². The van der Waals surface area contributed by atoms with E-state index < -0.39 is 0 Å². The van der Waals surface area contributed by atoms with Crippen LogP contribution >= 0.6 is 11.8 Å². The van der Waals surface area contributed by atoms with E-state index in [1.165, 1.54) is 16.0 Å². The zero-order valence-corrected chi connectivity index (χ0v) is 13.7. The SMILES string of the molecule is CCCNC(c1cccc(OC)c1)c1ccccc1SC. The van der Waals surface area contributed by atoms with Crippen LogP contribution in [0.5, 0.6) is 5.75 Å². The highest BCUT2D eigenvalue weighted by atomic mass is 32.2. The Bertz CT molecular complexity index is 571. The minimum atomic E-state index is 0.198. The van der Waals surface area contributed by atoms with Crippen molar-refractivity contribution in [3.63, 3.8) is 0 Å². The highest BCUT2D eigenvalue weighted by molar-refractivity contribution is 7.98. The number of thioether (sulfide) groups is 1. The summed E-state index contributed by atoms with van der Waals surface area (Å²) in [6.45, 7) is 3.18. The van der Waals surface area contributed by atoms with E-state index in [-0.39, 0.29) is 6.04 Å². The molecule has 0 bridgehead atoms. The van der Waals surface area contributed by atoms with Gasteiger partial charge in [0, 0.05) is 4.90 Å². The Labute approximate surface area is 131 Å². The van der Waals surface area contributed by atoms with Crippen LogP contribution in [0.25, 0.3) is 0 Å². The van der Waals surface area contributed by atoms with Crippen molar-refractivity contribution < 1.29 is 4.74 Å². The van der Waals surface area contributed by atoms with Gasteiger partial charge in [0.25, 0.3) is 0 Å². The summed E-state index contributed by atoms with van der Waals surface area (Å²) < 4.78 is 5.37. The number of ether oxygens (including phenoxy) is 1. The Morgan fingerprint density at radius 3 is 2.67 bits per heavy atom. The number of methoxy groups -OCH3 is 1. The molecular weight excluding hydrogens is 278 g/mol. The summed E-state index contributed by atoms with van der Waals surface area (Å²) in [5, 5.41) is 3.66. The third-order valence-electron chi connectivity index (χ3n) is 3.48. The van der Waals surface area contributed by atoms with Crippen molar-refractivity contribution in [2.75, 3.05) is 19.9 Å². The maximum atomic E-state index is 5.37. The van der Waals surface area contributed by atoms with Crippen LogP contribution in [0.4, 0.5) is 0 Å². The fourth-order valence-electron chi connectivity index (χ4n) is 2.42. The van der Waals surface area contributed by atoms with Crippen LogP contribution in [0.15, 0.2) is 53.4 Å². The lowest BCUT2D eigenvalue weighted by Crippen LogP contribution is -2.23. The molecule has 0 spiro atoms. The van der Waals surface area contributed by atoms with Gasteiger partial charge in [-0.05, 0) is 48.5 Å². The van der Waals surface area contributed by atoms with Gasteiger partial charge in [-0.25, -0.2) is 0 Å². The van der Waals surface area contributed by atoms with Gasteiger partial charge in [-0.1, -0.05) is 37.3 Å². The van der Waals surface area contributed by atoms with Crippen molar-refractivity contribution in [2.24, 2.45) is 0 Å². The van der Waals surface area contributed by atoms with Crippen LogP contribution in [0, 0.1) is 0 Å². The Morgan fingerprint density at radius 2 is 1.95 bits per heavy atom. The van der Waals surface area contributed by atoms with Crippen molar-refractivity contribution in [1.82, 2.24) is 5.32 Å². The first-order chi connectivity index (χ1) is 10.3. The Balaban J connectivity index is 2.41. The maximum absolute atomic E-state index is 5.37. The number of nitrogens with one attached hydrogen (secondary N) is 1. The topological polar surface area (TPSA) is 21.3 Å². The van der Waals surface area contributed by atoms with Crippen LogP contribution in [0.3, 0.4) is 0 Å². The molecule has 1 N–H and O–H groups in total. The highest BCUT2D eigenvalue weighted by Crippen LogP contribution is 2.31. The Morgan fingerprint density at radius 1 is 1.14 bits per heavy atom. The van der Waals surface area contributed by atoms with Crippen molar-refractivity contribution in [3.8, 4) is 5.75 Å². The minimum Gasteiger partial charge on any atom is -0.497 e. The molecule has 0 aromatic heterocycles. The van der Waals surface area contributed by atoms with E-state index in [2.05, 4.69) is 61.0 Å². The number of hydrogen-bond acceptors (Lipinski definition) is 3. The Hall–Kier alpha value is -1.45. The molecule has 0 saturated heterocycles. The summed E-state index contributed by atoms with van der Waals surface area (Å²) in [7, 11) is 1.71. The van der Waals surface area contributed by atoms with Crippen LogP contribution in [-0.4, -0.2) is 19.9 Å². The van der Waals surface area contributed by atoms with Gasteiger partial charge in [0.1, 0.15) is 5.75 Å². The predicted octanol–water partition coefficient (Wildman–Crippen LogP) is 4.51. The van der Waals surface area contributed by atoms with Crippen LogP contribution in [0.2, 0.25) is 0 Å². The lowest BCUT2D eigenvalue weighted by atomic mass is 9.98. The second-order valence-electron chi connectivity index (χ2n) is 4.91.